The average molecular weight is 457 g/mol. The number of aryl methyl sites for hydroxylation is 1. The molecule has 1 aliphatic carbocycles. The molecule has 5 rings (SSSR count). The molecule has 8 nitrogen and oxygen atoms in total. The molecule has 172 valence electrons. The summed E-state index contributed by atoms with van der Waals surface area (Å²) in [7, 11) is 0. The number of rotatable bonds is 7. The van der Waals surface area contributed by atoms with Gasteiger partial charge in [0.25, 0.3) is 0 Å². The number of anilines is 1. The topological polar surface area (TPSA) is 117 Å². The third-order valence-corrected chi connectivity index (χ3v) is 6.80. The fourth-order valence-corrected chi connectivity index (χ4v) is 4.93. The van der Waals surface area contributed by atoms with Gasteiger partial charge in [-0.1, -0.05) is 6.07 Å². The van der Waals surface area contributed by atoms with Crippen molar-refractivity contribution < 1.29 is 19.4 Å². The van der Waals surface area contributed by atoms with E-state index >= 15 is 0 Å². The highest BCUT2D eigenvalue weighted by molar-refractivity contribution is 5.97. The number of benzene rings is 2. The van der Waals surface area contributed by atoms with Gasteiger partial charge in [-0.15, -0.1) is 0 Å². The van der Waals surface area contributed by atoms with Gasteiger partial charge in [0, 0.05) is 41.4 Å². The lowest BCUT2D eigenvalue weighted by molar-refractivity contribution is -0.137. The molecule has 1 amide bonds. The molecule has 2 N–H and O–H groups in total. The highest BCUT2D eigenvalue weighted by Crippen LogP contribution is 2.61. The third-order valence-electron chi connectivity index (χ3n) is 6.80. The highest BCUT2D eigenvalue weighted by Gasteiger charge is 2.61. The summed E-state index contributed by atoms with van der Waals surface area (Å²) in [5.41, 5.74) is 3.52. The van der Waals surface area contributed by atoms with E-state index in [-0.39, 0.29) is 23.7 Å². The Bertz CT molecular complexity index is 1290. The molecule has 1 fully saturated rings. The minimum atomic E-state index is -0.855. The van der Waals surface area contributed by atoms with Gasteiger partial charge in [0.05, 0.1) is 23.9 Å². The summed E-state index contributed by atoms with van der Waals surface area (Å²) in [4.78, 5) is 24.3. The highest BCUT2D eigenvalue weighted by atomic mass is 16.5. The Kier molecular flexibility index (Phi) is 5.54. The monoisotopic (exact) mass is 456 g/mol. The molecular formula is C26H24N4O4. The van der Waals surface area contributed by atoms with E-state index in [4.69, 9.17) is 9.84 Å². The standard InChI is InChI=1S/C26H24N4O4/c27-16-17-5-6-18(3-1-4-24(31)32)22(13-17)29-25(33)21-15-26(21)9-12-34-23-8-7-19(14-20(23)26)30-11-2-10-28-30/h2,5-8,10-11,13-14,21H,1,3-4,9,12,15H2,(H,29,33)(H,31,32)/t21-,26-/m0/s1. The number of amides is 1. The number of nitrogens with zero attached hydrogens (tertiary/aromatic N) is 3. The van der Waals surface area contributed by atoms with Crippen LogP contribution >= 0.6 is 0 Å². The molecule has 2 aliphatic rings. The zero-order chi connectivity index (χ0) is 23.7. The van der Waals surface area contributed by atoms with Crippen molar-refractivity contribution in [2.75, 3.05) is 11.9 Å². The van der Waals surface area contributed by atoms with Crippen LogP contribution < -0.4 is 10.1 Å². The lowest BCUT2D eigenvalue weighted by Crippen LogP contribution is -2.27. The normalized spacial score (nSPS) is 20.1. The maximum atomic E-state index is 13.4. The Morgan fingerprint density at radius 1 is 1.29 bits per heavy atom. The maximum absolute atomic E-state index is 13.4. The van der Waals surface area contributed by atoms with Crippen LogP contribution in [-0.2, 0) is 21.4 Å². The molecule has 0 unspecified atom stereocenters. The minimum Gasteiger partial charge on any atom is -0.493 e. The first kappa shape index (κ1) is 21.7. The van der Waals surface area contributed by atoms with Gasteiger partial charge in [-0.2, -0.15) is 10.4 Å². The number of carboxylic acid groups (broad SMARTS) is 1. The van der Waals surface area contributed by atoms with E-state index in [1.54, 1.807) is 29.1 Å². The third kappa shape index (κ3) is 4.01. The number of aliphatic carboxylic acids is 1. The van der Waals surface area contributed by atoms with Crippen molar-refractivity contribution in [2.24, 2.45) is 5.92 Å². The first-order chi connectivity index (χ1) is 16.5. The number of aromatic nitrogens is 2. The number of ether oxygens (including phenoxy) is 1. The molecule has 8 heteroatoms. The van der Waals surface area contributed by atoms with Crippen molar-refractivity contribution in [1.29, 1.82) is 5.26 Å². The van der Waals surface area contributed by atoms with E-state index in [0.29, 0.717) is 30.7 Å². The first-order valence-corrected chi connectivity index (χ1v) is 11.3. The Balaban J connectivity index is 1.38. The second-order valence-electron chi connectivity index (χ2n) is 8.86. The van der Waals surface area contributed by atoms with Crippen LogP contribution in [0.5, 0.6) is 5.75 Å². The Morgan fingerprint density at radius 3 is 2.94 bits per heavy atom. The van der Waals surface area contributed by atoms with Gasteiger partial charge >= 0.3 is 5.97 Å². The number of hydrogen-bond donors (Lipinski definition) is 2. The molecule has 2 atom stereocenters. The zero-order valence-electron chi connectivity index (χ0n) is 18.5. The molecular weight excluding hydrogens is 432 g/mol. The maximum Gasteiger partial charge on any atom is 0.303 e. The number of fused-ring (bicyclic) bond motifs is 2. The van der Waals surface area contributed by atoms with Crippen LogP contribution in [0.25, 0.3) is 5.69 Å². The summed E-state index contributed by atoms with van der Waals surface area (Å²) in [5.74, 6) is -0.349. The Morgan fingerprint density at radius 2 is 2.18 bits per heavy atom. The fourth-order valence-electron chi connectivity index (χ4n) is 4.93. The van der Waals surface area contributed by atoms with E-state index < -0.39 is 5.97 Å². The molecule has 0 radical (unpaired) electrons. The Labute approximate surface area is 196 Å². The minimum absolute atomic E-state index is 0.0501. The quantitative estimate of drug-likeness (QED) is 0.558. The van der Waals surface area contributed by atoms with Gasteiger partial charge in [0.1, 0.15) is 5.75 Å². The van der Waals surface area contributed by atoms with Crippen molar-refractivity contribution in [3.63, 3.8) is 0 Å². The summed E-state index contributed by atoms with van der Waals surface area (Å²) < 4.78 is 7.67. The number of hydrogen-bond acceptors (Lipinski definition) is 5. The number of nitriles is 1. The van der Waals surface area contributed by atoms with E-state index in [1.165, 1.54) is 0 Å². The van der Waals surface area contributed by atoms with E-state index in [9.17, 15) is 14.9 Å². The number of carboxylic acids is 1. The van der Waals surface area contributed by atoms with Crippen LogP contribution in [0.3, 0.4) is 0 Å². The van der Waals surface area contributed by atoms with Gasteiger partial charge < -0.3 is 15.2 Å². The van der Waals surface area contributed by atoms with Gasteiger partial charge in [-0.3, -0.25) is 9.59 Å². The Hall–Kier alpha value is -4.12. The summed E-state index contributed by atoms with van der Waals surface area (Å²) in [6.07, 6.45) is 6.10. The van der Waals surface area contributed by atoms with Gasteiger partial charge in [-0.25, -0.2) is 4.68 Å². The van der Waals surface area contributed by atoms with Crippen molar-refractivity contribution in [2.45, 2.75) is 37.5 Å². The van der Waals surface area contributed by atoms with Crippen molar-refractivity contribution in [3.05, 3.63) is 71.5 Å². The molecule has 3 aromatic rings. The summed E-state index contributed by atoms with van der Waals surface area (Å²) in [6.45, 7) is 0.558. The van der Waals surface area contributed by atoms with E-state index in [1.807, 2.05) is 24.4 Å². The predicted octanol–water partition coefficient (Wildman–Crippen LogP) is 3.83. The molecule has 1 aromatic heterocycles. The van der Waals surface area contributed by atoms with Gasteiger partial charge in [0.2, 0.25) is 5.91 Å². The molecule has 0 bridgehead atoms. The van der Waals surface area contributed by atoms with Crippen molar-refractivity contribution >= 4 is 17.6 Å². The summed E-state index contributed by atoms with van der Waals surface area (Å²) >= 11 is 0. The average Bonchev–Trinajstić information content (AvgIpc) is 3.28. The summed E-state index contributed by atoms with van der Waals surface area (Å²) in [6, 6.07) is 15.1. The smallest absolute Gasteiger partial charge is 0.303 e. The first-order valence-electron chi connectivity index (χ1n) is 11.3. The lowest BCUT2D eigenvalue weighted by Gasteiger charge is -2.27. The van der Waals surface area contributed by atoms with E-state index in [0.717, 1.165) is 35.4 Å². The van der Waals surface area contributed by atoms with E-state index in [2.05, 4.69) is 22.6 Å². The van der Waals surface area contributed by atoms with Crippen molar-refractivity contribution in [1.82, 2.24) is 9.78 Å². The predicted molar refractivity (Wildman–Crippen MR) is 124 cm³/mol. The fraction of sp³-hybridized carbons (Fsp3) is 0.308. The van der Waals surface area contributed by atoms with Crippen LogP contribution in [-0.4, -0.2) is 33.4 Å². The van der Waals surface area contributed by atoms with Crippen molar-refractivity contribution in [3.8, 4) is 17.5 Å². The second kappa shape index (κ2) is 8.67. The van der Waals surface area contributed by atoms with Crippen LogP contribution in [0.1, 0.15) is 42.4 Å². The molecule has 34 heavy (non-hydrogen) atoms. The van der Waals surface area contributed by atoms with Crippen LogP contribution in [0.2, 0.25) is 0 Å². The largest absolute Gasteiger partial charge is 0.493 e. The number of nitrogens with one attached hydrogen (secondary N) is 1. The molecule has 2 aromatic carbocycles. The summed E-state index contributed by atoms with van der Waals surface area (Å²) in [5, 5.41) is 25.6. The lowest BCUT2D eigenvalue weighted by atomic mass is 9.87. The zero-order valence-corrected chi connectivity index (χ0v) is 18.5. The molecule has 0 saturated heterocycles. The number of carbonyl (C=O) groups excluding carboxylic acids is 1. The number of carbonyl (C=O) groups is 2. The van der Waals surface area contributed by atoms with Gasteiger partial charge in [-0.05, 0) is 67.6 Å². The SMILES string of the molecule is N#Cc1ccc(CCCC(=O)O)c(NC(=O)[C@@H]2C[C@]23CCOc2ccc(-n4cccn4)cc23)c1. The van der Waals surface area contributed by atoms with Crippen LogP contribution in [0.4, 0.5) is 5.69 Å². The van der Waals surface area contributed by atoms with Crippen LogP contribution in [0.15, 0.2) is 54.9 Å². The molecule has 1 spiro atoms. The molecule has 2 heterocycles. The van der Waals surface area contributed by atoms with Crippen LogP contribution in [0, 0.1) is 17.2 Å². The molecule has 1 saturated carbocycles. The molecule has 1 aliphatic heterocycles. The van der Waals surface area contributed by atoms with Gasteiger partial charge in [0.15, 0.2) is 0 Å². The second-order valence-corrected chi connectivity index (χ2v) is 8.86.